The zero-order valence-corrected chi connectivity index (χ0v) is 10.7. The van der Waals surface area contributed by atoms with Crippen molar-refractivity contribution in [1.82, 2.24) is 5.32 Å². The lowest BCUT2D eigenvalue weighted by Crippen LogP contribution is -2.27. The van der Waals surface area contributed by atoms with Crippen molar-refractivity contribution in [3.8, 4) is 5.75 Å². The first-order valence-corrected chi connectivity index (χ1v) is 5.73. The summed E-state index contributed by atoms with van der Waals surface area (Å²) >= 11 is 0. The largest absolute Gasteiger partial charge is 0.494 e. The number of nitro benzene ring substituents is 1. The highest BCUT2D eigenvalue weighted by Gasteiger charge is 2.20. The van der Waals surface area contributed by atoms with Crippen molar-refractivity contribution >= 4 is 5.69 Å². The lowest BCUT2D eigenvalue weighted by atomic mass is 10.0. The molecular weight excluding hydrogens is 239 g/mol. The van der Waals surface area contributed by atoms with Gasteiger partial charge in [-0.1, -0.05) is 6.92 Å². The molecule has 0 saturated carbocycles. The average molecular weight is 256 g/mol. The molecule has 1 atom stereocenters. The Morgan fingerprint density at radius 1 is 1.56 bits per heavy atom. The summed E-state index contributed by atoms with van der Waals surface area (Å²) in [5.41, 5.74) is 0.254. The number of rotatable bonds is 6. The standard InChI is InChI=1S/C12H17FN2O3/c1-4-14-8(2)5-9-6-12(18-3)10(13)7-11(9)15(16)17/h6-8,14H,4-5H2,1-3H3. The average Bonchev–Trinajstić information content (AvgIpc) is 2.30. The van der Waals surface area contributed by atoms with Crippen molar-refractivity contribution < 1.29 is 14.1 Å². The molecule has 1 aromatic rings. The van der Waals surface area contributed by atoms with Gasteiger partial charge in [-0.05, 0) is 26.0 Å². The van der Waals surface area contributed by atoms with Crippen molar-refractivity contribution in [3.05, 3.63) is 33.6 Å². The molecule has 100 valence electrons. The van der Waals surface area contributed by atoms with Crippen LogP contribution in [0.3, 0.4) is 0 Å². The van der Waals surface area contributed by atoms with Crippen LogP contribution in [0.25, 0.3) is 0 Å². The molecule has 0 bridgehead atoms. The quantitative estimate of drug-likeness (QED) is 0.626. The van der Waals surface area contributed by atoms with E-state index in [1.807, 2.05) is 13.8 Å². The molecule has 0 radical (unpaired) electrons. The Bertz CT molecular complexity index is 438. The minimum atomic E-state index is -0.718. The van der Waals surface area contributed by atoms with Crippen LogP contribution in [0.2, 0.25) is 0 Å². The van der Waals surface area contributed by atoms with E-state index >= 15 is 0 Å². The number of nitro groups is 1. The van der Waals surface area contributed by atoms with E-state index in [-0.39, 0.29) is 17.5 Å². The van der Waals surface area contributed by atoms with Crippen LogP contribution in [-0.2, 0) is 6.42 Å². The van der Waals surface area contributed by atoms with Crippen LogP contribution in [-0.4, -0.2) is 24.6 Å². The molecule has 0 aromatic heterocycles. The van der Waals surface area contributed by atoms with Gasteiger partial charge in [0.05, 0.1) is 18.1 Å². The van der Waals surface area contributed by atoms with Crippen molar-refractivity contribution in [3.63, 3.8) is 0 Å². The zero-order chi connectivity index (χ0) is 13.7. The molecule has 0 fully saturated rings. The molecule has 0 saturated heterocycles. The number of ether oxygens (including phenoxy) is 1. The Kier molecular flexibility index (Phi) is 5.03. The third kappa shape index (κ3) is 3.40. The van der Waals surface area contributed by atoms with Crippen molar-refractivity contribution in [1.29, 1.82) is 0 Å². The van der Waals surface area contributed by atoms with Gasteiger partial charge in [-0.25, -0.2) is 4.39 Å². The van der Waals surface area contributed by atoms with Crippen molar-refractivity contribution in [2.24, 2.45) is 0 Å². The lowest BCUT2D eigenvalue weighted by molar-refractivity contribution is -0.385. The van der Waals surface area contributed by atoms with Crippen LogP contribution in [0, 0.1) is 15.9 Å². The van der Waals surface area contributed by atoms with Crippen molar-refractivity contribution in [2.45, 2.75) is 26.3 Å². The molecule has 1 unspecified atom stereocenters. The van der Waals surface area contributed by atoms with E-state index in [9.17, 15) is 14.5 Å². The van der Waals surface area contributed by atoms with Gasteiger partial charge in [-0.2, -0.15) is 0 Å². The molecule has 6 heteroatoms. The molecule has 1 aromatic carbocycles. The number of methoxy groups -OCH3 is 1. The molecular formula is C12H17FN2O3. The SMILES string of the molecule is CCNC(C)Cc1cc(OC)c(F)cc1[N+](=O)[O-]. The van der Waals surface area contributed by atoms with Gasteiger partial charge in [0, 0.05) is 11.6 Å². The summed E-state index contributed by atoms with van der Waals surface area (Å²) in [7, 11) is 1.34. The number of hydrogen-bond donors (Lipinski definition) is 1. The number of nitrogens with one attached hydrogen (secondary N) is 1. The van der Waals surface area contributed by atoms with E-state index < -0.39 is 10.7 Å². The van der Waals surface area contributed by atoms with Gasteiger partial charge >= 0.3 is 0 Å². The second-order valence-corrected chi connectivity index (χ2v) is 4.04. The summed E-state index contributed by atoms with van der Waals surface area (Å²) in [5, 5.41) is 14.0. The van der Waals surface area contributed by atoms with E-state index in [2.05, 4.69) is 5.32 Å². The first kappa shape index (κ1) is 14.4. The second kappa shape index (κ2) is 6.30. The van der Waals surface area contributed by atoms with Gasteiger partial charge < -0.3 is 10.1 Å². The Balaban J connectivity index is 3.10. The van der Waals surface area contributed by atoms with Gasteiger partial charge in [0.1, 0.15) is 0 Å². The number of benzene rings is 1. The Labute approximate surface area is 105 Å². The van der Waals surface area contributed by atoms with Gasteiger partial charge in [0.2, 0.25) is 0 Å². The van der Waals surface area contributed by atoms with E-state index in [4.69, 9.17) is 4.74 Å². The predicted molar refractivity (Wildman–Crippen MR) is 66.4 cm³/mol. The smallest absolute Gasteiger partial charge is 0.275 e. The molecule has 0 aliphatic heterocycles. The van der Waals surface area contributed by atoms with Gasteiger partial charge in [-0.15, -0.1) is 0 Å². The summed E-state index contributed by atoms with van der Waals surface area (Å²) in [5.74, 6) is -0.691. The topological polar surface area (TPSA) is 64.4 Å². The zero-order valence-electron chi connectivity index (χ0n) is 10.7. The molecule has 5 nitrogen and oxygen atoms in total. The monoisotopic (exact) mass is 256 g/mol. The van der Waals surface area contributed by atoms with Crippen LogP contribution in [0.5, 0.6) is 5.75 Å². The predicted octanol–water partition coefficient (Wildman–Crippen LogP) is 2.28. The highest BCUT2D eigenvalue weighted by atomic mass is 19.1. The van der Waals surface area contributed by atoms with Gasteiger partial charge in [-0.3, -0.25) is 10.1 Å². The number of nitrogens with zero attached hydrogens (tertiary/aromatic N) is 1. The molecule has 0 amide bonds. The molecule has 1 rings (SSSR count). The molecule has 1 N–H and O–H groups in total. The summed E-state index contributed by atoms with van der Waals surface area (Å²) in [6, 6.07) is 2.37. The fourth-order valence-corrected chi connectivity index (χ4v) is 1.83. The number of halogens is 1. The highest BCUT2D eigenvalue weighted by molar-refractivity contribution is 5.46. The van der Waals surface area contributed by atoms with Crippen molar-refractivity contribution in [2.75, 3.05) is 13.7 Å². The van der Waals surface area contributed by atoms with Crippen LogP contribution in [0.15, 0.2) is 12.1 Å². The molecule has 0 heterocycles. The minimum Gasteiger partial charge on any atom is -0.494 e. The third-order valence-electron chi connectivity index (χ3n) is 2.63. The fraction of sp³-hybridized carbons (Fsp3) is 0.500. The first-order valence-electron chi connectivity index (χ1n) is 5.73. The molecule has 0 spiro atoms. The summed E-state index contributed by atoms with van der Waals surface area (Å²) in [6.07, 6.45) is 0.445. The first-order chi connectivity index (χ1) is 8.49. The number of likely N-dealkylation sites (N-methyl/N-ethyl adjacent to an activating group) is 1. The van der Waals surface area contributed by atoms with E-state index in [0.29, 0.717) is 12.0 Å². The molecule has 0 aliphatic rings. The van der Waals surface area contributed by atoms with Crippen LogP contribution in [0.1, 0.15) is 19.4 Å². The molecule has 18 heavy (non-hydrogen) atoms. The van der Waals surface area contributed by atoms with Crippen LogP contribution < -0.4 is 10.1 Å². The summed E-state index contributed by atoms with van der Waals surface area (Å²) < 4.78 is 18.3. The second-order valence-electron chi connectivity index (χ2n) is 4.04. The van der Waals surface area contributed by atoms with Gasteiger partial charge in [0.15, 0.2) is 11.6 Å². The molecule has 0 aliphatic carbocycles. The summed E-state index contributed by atoms with van der Waals surface area (Å²) in [6.45, 7) is 4.65. The fourth-order valence-electron chi connectivity index (χ4n) is 1.83. The van der Waals surface area contributed by atoms with E-state index in [1.165, 1.54) is 13.2 Å². The third-order valence-corrected chi connectivity index (χ3v) is 2.63. The Morgan fingerprint density at radius 3 is 2.72 bits per heavy atom. The van der Waals surface area contributed by atoms with Gasteiger partial charge in [0.25, 0.3) is 5.69 Å². The normalized spacial score (nSPS) is 12.2. The maximum Gasteiger partial charge on any atom is 0.275 e. The van der Waals surface area contributed by atoms with Crippen LogP contribution >= 0.6 is 0 Å². The summed E-state index contributed by atoms with van der Waals surface area (Å²) in [4.78, 5) is 10.3. The Morgan fingerprint density at radius 2 is 2.22 bits per heavy atom. The lowest BCUT2D eigenvalue weighted by Gasteiger charge is -2.13. The maximum atomic E-state index is 13.4. The van der Waals surface area contributed by atoms with E-state index in [1.54, 1.807) is 0 Å². The van der Waals surface area contributed by atoms with Crippen LogP contribution in [0.4, 0.5) is 10.1 Å². The maximum absolute atomic E-state index is 13.4. The highest BCUT2D eigenvalue weighted by Crippen LogP contribution is 2.28. The van der Waals surface area contributed by atoms with E-state index in [0.717, 1.165) is 12.6 Å². The Hall–Kier alpha value is -1.69. The minimum absolute atomic E-state index is 0.0271. The number of hydrogen-bond acceptors (Lipinski definition) is 4.